The van der Waals surface area contributed by atoms with E-state index in [0.717, 1.165) is 34.0 Å². The van der Waals surface area contributed by atoms with Crippen molar-refractivity contribution in [2.24, 2.45) is 0 Å². The van der Waals surface area contributed by atoms with Gasteiger partial charge in [0.25, 0.3) is 0 Å². The molecule has 0 radical (unpaired) electrons. The fraction of sp³-hybridized carbons (Fsp3) is 0.359. The Balaban J connectivity index is 1.19. The third-order valence-electron chi connectivity index (χ3n) is 11.1. The molecule has 250 valence electrons. The molecule has 8 rings (SSSR count). The number of benzene rings is 3. The standard InChI is InChI=1S/C39H38N4O6/c1-39-19-30-31(20-40)42-29(38(43(30)39)26-17-35(47-4)36(48-5)18-27(26)39)14-23-15-33(45-2)34(46-3)16-25(23)32(42)21-49-37(44)11-10-22-12-13-41-28-9-7-6-8-24(22)28/h6-13,15-18,29-32,38H,14,19,21H2,1-5H3/b11-10+/t29-,30-,31-,32-,38+,39?/m0/s1. The number of esters is 1. The number of methoxy groups -OCH3 is 4. The summed E-state index contributed by atoms with van der Waals surface area (Å²) in [6.45, 7) is 2.33. The smallest absolute Gasteiger partial charge is 0.330 e. The van der Waals surface area contributed by atoms with Crippen molar-refractivity contribution in [3.63, 3.8) is 0 Å². The van der Waals surface area contributed by atoms with Crippen LogP contribution in [0.15, 0.2) is 66.9 Å². The minimum Gasteiger partial charge on any atom is -0.493 e. The summed E-state index contributed by atoms with van der Waals surface area (Å²) >= 11 is 0. The van der Waals surface area contributed by atoms with Crippen molar-refractivity contribution in [1.29, 1.82) is 5.26 Å². The number of hydrogen-bond donors (Lipinski definition) is 0. The number of piperazine rings is 1. The minimum atomic E-state index is -0.462. The highest BCUT2D eigenvalue weighted by Gasteiger charge is 2.68. The van der Waals surface area contributed by atoms with Gasteiger partial charge < -0.3 is 23.7 Å². The predicted molar refractivity (Wildman–Crippen MR) is 183 cm³/mol. The molecule has 0 aliphatic carbocycles. The first kappa shape index (κ1) is 31.2. The van der Waals surface area contributed by atoms with E-state index in [0.29, 0.717) is 29.4 Å². The van der Waals surface area contributed by atoms with Gasteiger partial charge in [-0.25, -0.2) is 4.79 Å². The van der Waals surface area contributed by atoms with E-state index in [2.05, 4.69) is 39.9 Å². The number of ether oxygens (including phenoxy) is 5. The monoisotopic (exact) mass is 658 g/mol. The molecule has 0 amide bonds. The van der Waals surface area contributed by atoms with Gasteiger partial charge in [0.05, 0.1) is 52.1 Å². The number of nitriles is 1. The van der Waals surface area contributed by atoms with Gasteiger partial charge in [-0.15, -0.1) is 0 Å². The van der Waals surface area contributed by atoms with Crippen molar-refractivity contribution in [3.05, 3.63) is 94.7 Å². The van der Waals surface area contributed by atoms with Crippen LogP contribution < -0.4 is 18.9 Å². The summed E-state index contributed by atoms with van der Waals surface area (Å²) in [4.78, 5) is 22.6. The van der Waals surface area contributed by atoms with Gasteiger partial charge in [-0.05, 0) is 90.1 Å². The number of rotatable bonds is 8. The molecular weight excluding hydrogens is 620 g/mol. The number of carbonyl (C=O) groups excluding carboxylic acids is 1. The normalized spacial score (nSPS) is 26.5. The van der Waals surface area contributed by atoms with Crippen LogP contribution in [0.4, 0.5) is 0 Å². The number of nitrogens with zero attached hydrogens (tertiary/aromatic N) is 4. The largest absolute Gasteiger partial charge is 0.493 e. The lowest BCUT2D eigenvalue weighted by Crippen LogP contribution is -2.74. The van der Waals surface area contributed by atoms with E-state index in [4.69, 9.17) is 23.7 Å². The second kappa shape index (κ2) is 11.8. The highest BCUT2D eigenvalue weighted by molar-refractivity contribution is 5.93. The van der Waals surface area contributed by atoms with Gasteiger partial charge in [-0.1, -0.05) is 18.2 Å². The summed E-state index contributed by atoms with van der Waals surface area (Å²) < 4.78 is 29.0. The Hall–Kier alpha value is -5.11. The quantitative estimate of drug-likeness (QED) is 0.172. The molecule has 3 aromatic carbocycles. The van der Waals surface area contributed by atoms with Crippen molar-refractivity contribution < 1.29 is 28.5 Å². The molecule has 0 N–H and O–H groups in total. The number of pyridine rings is 1. The summed E-state index contributed by atoms with van der Waals surface area (Å²) in [5, 5.41) is 11.8. The Bertz CT molecular complexity index is 2050. The van der Waals surface area contributed by atoms with Crippen molar-refractivity contribution in [2.45, 2.75) is 55.5 Å². The fourth-order valence-electron chi connectivity index (χ4n) is 9.02. The molecule has 4 aliphatic heterocycles. The zero-order valence-corrected chi connectivity index (χ0v) is 28.2. The van der Waals surface area contributed by atoms with Crippen LogP contribution in [0.1, 0.15) is 53.2 Å². The van der Waals surface area contributed by atoms with Gasteiger partial charge in [0.2, 0.25) is 0 Å². The molecule has 2 fully saturated rings. The number of carbonyl (C=O) groups is 1. The third-order valence-corrected chi connectivity index (χ3v) is 11.1. The molecule has 5 heterocycles. The highest BCUT2D eigenvalue weighted by Crippen LogP contribution is 2.65. The molecule has 0 spiro atoms. The first-order valence-corrected chi connectivity index (χ1v) is 16.5. The molecule has 49 heavy (non-hydrogen) atoms. The topological polar surface area (TPSA) is 106 Å². The van der Waals surface area contributed by atoms with Crippen LogP contribution in [0.5, 0.6) is 23.0 Å². The number of fused-ring (bicyclic) bond motifs is 7. The molecule has 0 bridgehead atoms. The summed E-state index contributed by atoms with van der Waals surface area (Å²) in [6.07, 6.45) is 6.45. The SMILES string of the molecule is COc1cc2c(cc1OC)[C@H](COC(=O)/C=C/c1ccnc3ccccc13)N1[C@@H](C#N)[C@@H]3CC4(C)c5cc(OC)c(OC)cc5[C@H]([C@@H]1C2)N34. The molecule has 2 saturated heterocycles. The average molecular weight is 659 g/mol. The van der Waals surface area contributed by atoms with Gasteiger partial charge in [-0.3, -0.25) is 14.8 Å². The summed E-state index contributed by atoms with van der Waals surface area (Å²) in [6, 6.07) is 19.7. The van der Waals surface area contributed by atoms with E-state index in [1.165, 1.54) is 17.2 Å². The fourth-order valence-corrected chi connectivity index (χ4v) is 9.02. The van der Waals surface area contributed by atoms with E-state index in [-0.39, 0.29) is 30.3 Å². The maximum Gasteiger partial charge on any atom is 0.330 e. The van der Waals surface area contributed by atoms with E-state index < -0.39 is 18.1 Å². The predicted octanol–water partition coefficient (Wildman–Crippen LogP) is 5.74. The first-order valence-electron chi connectivity index (χ1n) is 16.5. The van der Waals surface area contributed by atoms with Gasteiger partial charge in [-0.2, -0.15) is 5.26 Å². The van der Waals surface area contributed by atoms with Gasteiger partial charge in [0.1, 0.15) is 12.6 Å². The van der Waals surface area contributed by atoms with Crippen LogP contribution >= 0.6 is 0 Å². The van der Waals surface area contributed by atoms with Gasteiger partial charge in [0.15, 0.2) is 23.0 Å². The number of aromatic nitrogens is 1. The zero-order valence-electron chi connectivity index (χ0n) is 28.2. The van der Waals surface area contributed by atoms with Crippen molar-refractivity contribution in [1.82, 2.24) is 14.8 Å². The van der Waals surface area contributed by atoms with Crippen LogP contribution in [0.2, 0.25) is 0 Å². The Morgan fingerprint density at radius 2 is 1.65 bits per heavy atom. The summed E-state index contributed by atoms with van der Waals surface area (Å²) in [7, 11) is 6.56. The molecular formula is C39H38N4O6. The van der Waals surface area contributed by atoms with E-state index >= 15 is 0 Å². The molecule has 10 heteroatoms. The molecule has 4 aromatic rings. The Morgan fingerprint density at radius 1 is 0.959 bits per heavy atom. The van der Waals surface area contributed by atoms with Crippen molar-refractivity contribution in [2.75, 3.05) is 35.0 Å². The molecule has 1 aromatic heterocycles. The lowest BCUT2D eigenvalue weighted by molar-refractivity contribution is -0.184. The minimum absolute atomic E-state index is 0.000372. The lowest BCUT2D eigenvalue weighted by Gasteiger charge is -2.65. The van der Waals surface area contributed by atoms with Crippen LogP contribution in [0.25, 0.3) is 17.0 Å². The molecule has 10 nitrogen and oxygen atoms in total. The summed E-state index contributed by atoms with van der Waals surface area (Å²) in [5.74, 6) is 2.14. The van der Waals surface area contributed by atoms with Crippen molar-refractivity contribution in [3.8, 4) is 29.1 Å². The maximum atomic E-state index is 13.3. The third kappa shape index (κ3) is 4.60. The lowest BCUT2D eigenvalue weighted by atomic mass is 9.71. The molecule has 1 unspecified atom stereocenters. The van der Waals surface area contributed by atoms with E-state index in [1.54, 1.807) is 40.7 Å². The second-order valence-corrected chi connectivity index (χ2v) is 13.3. The molecule has 4 aliphatic rings. The second-order valence-electron chi connectivity index (χ2n) is 13.3. The maximum absolute atomic E-state index is 13.3. The van der Waals surface area contributed by atoms with Crippen molar-refractivity contribution >= 4 is 22.9 Å². The van der Waals surface area contributed by atoms with E-state index in [1.807, 2.05) is 42.5 Å². The van der Waals surface area contributed by atoms with Crippen LogP contribution in [-0.2, 0) is 21.5 Å². The van der Waals surface area contributed by atoms with Gasteiger partial charge in [0, 0.05) is 35.3 Å². The molecule has 0 saturated carbocycles. The molecule has 6 atom stereocenters. The van der Waals surface area contributed by atoms with Crippen LogP contribution in [0, 0.1) is 11.3 Å². The van der Waals surface area contributed by atoms with Crippen LogP contribution in [0.3, 0.4) is 0 Å². The Morgan fingerprint density at radius 3 is 2.39 bits per heavy atom. The highest BCUT2D eigenvalue weighted by atomic mass is 16.5. The average Bonchev–Trinajstić information content (AvgIpc) is 3.34. The Kier molecular flexibility index (Phi) is 7.50. The Labute approximate surface area is 285 Å². The first-order chi connectivity index (χ1) is 23.8. The van der Waals surface area contributed by atoms with Gasteiger partial charge >= 0.3 is 5.97 Å². The van der Waals surface area contributed by atoms with E-state index in [9.17, 15) is 10.1 Å². The zero-order chi connectivity index (χ0) is 34.0. The number of hydrogen-bond acceptors (Lipinski definition) is 10. The number of para-hydroxylation sites is 1. The van der Waals surface area contributed by atoms with Crippen LogP contribution in [-0.4, -0.2) is 73.9 Å². The summed E-state index contributed by atoms with van der Waals surface area (Å²) in [5.41, 5.74) is 5.93.